The zero-order valence-electron chi connectivity index (χ0n) is 10.3. The molecule has 0 aliphatic heterocycles. The Hall–Kier alpha value is -2.62. The van der Waals surface area contributed by atoms with E-state index in [2.05, 4.69) is 0 Å². The maximum absolute atomic E-state index is 11.8. The molecule has 0 heterocycles. The number of carbonyl (C=O) groups is 2. The Bertz CT molecular complexity index is 590. The quantitative estimate of drug-likeness (QED) is 0.626. The standard InChI is InChI=1S/C15H12O4/c1-11(16)18-13-8-5-9-14(10-13)19-15(17)12-6-3-2-4-7-12/h2-10H,1H3. The van der Waals surface area contributed by atoms with Gasteiger partial charge in [0.05, 0.1) is 5.56 Å². The van der Waals surface area contributed by atoms with E-state index in [0.29, 0.717) is 17.1 Å². The van der Waals surface area contributed by atoms with Crippen LogP contribution in [0.1, 0.15) is 17.3 Å². The number of benzene rings is 2. The average molecular weight is 256 g/mol. The fraction of sp³-hybridized carbons (Fsp3) is 0.0667. The van der Waals surface area contributed by atoms with Crippen molar-refractivity contribution in [3.63, 3.8) is 0 Å². The highest BCUT2D eigenvalue weighted by Crippen LogP contribution is 2.20. The predicted octanol–water partition coefficient (Wildman–Crippen LogP) is 2.83. The van der Waals surface area contributed by atoms with Crippen LogP contribution in [0, 0.1) is 0 Å². The zero-order valence-corrected chi connectivity index (χ0v) is 10.3. The van der Waals surface area contributed by atoms with Gasteiger partial charge in [-0.2, -0.15) is 0 Å². The second kappa shape index (κ2) is 5.82. The molecule has 0 saturated carbocycles. The van der Waals surface area contributed by atoms with Gasteiger partial charge in [-0.1, -0.05) is 24.3 Å². The smallest absolute Gasteiger partial charge is 0.343 e. The zero-order chi connectivity index (χ0) is 13.7. The van der Waals surface area contributed by atoms with Crippen molar-refractivity contribution in [2.75, 3.05) is 0 Å². The molecule has 0 aromatic heterocycles. The monoisotopic (exact) mass is 256 g/mol. The lowest BCUT2D eigenvalue weighted by molar-refractivity contribution is -0.131. The minimum atomic E-state index is -0.458. The van der Waals surface area contributed by atoms with Crippen LogP contribution in [0.3, 0.4) is 0 Å². The molecule has 0 amide bonds. The number of carbonyl (C=O) groups excluding carboxylic acids is 2. The van der Waals surface area contributed by atoms with E-state index in [0.717, 1.165) is 0 Å². The summed E-state index contributed by atoms with van der Waals surface area (Å²) in [6, 6.07) is 15.0. The molecule has 2 aromatic rings. The van der Waals surface area contributed by atoms with Gasteiger partial charge in [-0.05, 0) is 24.3 Å². The molecule has 2 aromatic carbocycles. The Morgan fingerprint density at radius 1 is 0.842 bits per heavy atom. The number of hydrogen-bond acceptors (Lipinski definition) is 4. The fourth-order valence-corrected chi connectivity index (χ4v) is 1.51. The van der Waals surface area contributed by atoms with E-state index in [1.807, 2.05) is 6.07 Å². The van der Waals surface area contributed by atoms with Gasteiger partial charge in [0.25, 0.3) is 0 Å². The normalized spacial score (nSPS) is 9.74. The van der Waals surface area contributed by atoms with E-state index < -0.39 is 11.9 Å². The Morgan fingerprint density at radius 3 is 2.11 bits per heavy atom. The highest BCUT2D eigenvalue weighted by atomic mass is 16.5. The summed E-state index contributed by atoms with van der Waals surface area (Å²) in [7, 11) is 0. The van der Waals surface area contributed by atoms with Gasteiger partial charge >= 0.3 is 11.9 Å². The molecule has 0 unspecified atom stereocenters. The topological polar surface area (TPSA) is 52.6 Å². The minimum absolute atomic E-state index is 0.326. The van der Waals surface area contributed by atoms with Crippen LogP contribution in [0.15, 0.2) is 54.6 Å². The first kappa shape index (κ1) is 12.8. The first-order valence-electron chi connectivity index (χ1n) is 5.71. The van der Waals surface area contributed by atoms with Crippen LogP contribution in [-0.4, -0.2) is 11.9 Å². The highest BCUT2D eigenvalue weighted by molar-refractivity contribution is 5.91. The van der Waals surface area contributed by atoms with Gasteiger partial charge in [-0.15, -0.1) is 0 Å². The molecule has 96 valence electrons. The maximum atomic E-state index is 11.8. The van der Waals surface area contributed by atoms with Gasteiger partial charge in [-0.3, -0.25) is 4.79 Å². The summed E-state index contributed by atoms with van der Waals surface area (Å²) in [6.45, 7) is 1.31. The van der Waals surface area contributed by atoms with Crippen molar-refractivity contribution < 1.29 is 19.1 Å². The summed E-state index contributed by atoms with van der Waals surface area (Å²) in [5.41, 5.74) is 0.459. The second-order valence-electron chi connectivity index (χ2n) is 3.82. The average Bonchev–Trinajstić information content (AvgIpc) is 2.39. The largest absolute Gasteiger partial charge is 0.427 e. The summed E-state index contributed by atoms with van der Waals surface area (Å²) in [4.78, 5) is 22.7. The lowest BCUT2D eigenvalue weighted by Crippen LogP contribution is -2.08. The predicted molar refractivity (Wildman–Crippen MR) is 69.2 cm³/mol. The molecule has 4 heteroatoms. The Morgan fingerprint density at radius 2 is 1.47 bits per heavy atom. The van der Waals surface area contributed by atoms with E-state index in [-0.39, 0.29) is 0 Å². The highest BCUT2D eigenvalue weighted by Gasteiger charge is 2.08. The van der Waals surface area contributed by atoms with Crippen LogP contribution in [0.25, 0.3) is 0 Å². The molecule has 0 saturated heterocycles. The van der Waals surface area contributed by atoms with Crippen LogP contribution in [0.2, 0.25) is 0 Å². The summed E-state index contributed by atoms with van der Waals surface area (Å²) in [6.07, 6.45) is 0. The Kier molecular flexibility index (Phi) is 3.93. The molecule has 0 aliphatic carbocycles. The third-order valence-electron chi connectivity index (χ3n) is 2.29. The number of esters is 2. The van der Waals surface area contributed by atoms with Crippen molar-refractivity contribution in [3.8, 4) is 11.5 Å². The van der Waals surface area contributed by atoms with E-state index in [4.69, 9.17) is 9.47 Å². The SMILES string of the molecule is CC(=O)Oc1cccc(OC(=O)c2ccccc2)c1. The van der Waals surface area contributed by atoms with Gasteiger partial charge in [0.1, 0.15) is 11.5 Å². The Labute approximate surface area is 110 Å². The van der Waals surface area contributed by atoms with Crippen LogP contribution in [-0.2, 0) is 4.79 Å². The molecule has 0 atom stereocenters. The summed E-state index contributed by atoms with van der Waals surface area (Å²) < 4.78 is 10.1. The van der Waals surface area contributed by atoms with Crippen LogP contribution < -0.4 is 9.47 Å². The Balaban J connectivity index is 2.11. The summed E-state index contributed by atoms with van der Waals surface area (Å²) in [5, 5.41) is 0. The molecule has 2 rings (SSSR count). The lowest BCUT2D eigenvalue weighted by atomic mass is 10.2. The van der Waals surface area contributed by atoms with E-state index in [1.165, 1.54) is 13.0 Å². The van der Waals surface area contributed by atoms with E-state index >= 15 is 0 Å². The van der Waals surface area contributed by atoms with Crippen molar-refractivity contribution >= 4 is 11.9 Å². The molecule has 0 fully saturated rings. The number of rotatable bonds is 3. The molecule has 0 bridgehead atoms. The third kappa shape index (κ3) is 3.67. The third-order valence-corrected chi connectivity index (χ3v) is 2.29. The van der Waals surface area contributed by atoms with Crippen LogP contribution in [0.5, 0.6) is 11.5 Å². The molecule has 19 heavy (non-hydrogen) atoms. The molecule has 4 nitrogen and oxygen atoms in total. The van der Waals surface area contributed by atoms with Crippen molar-refractivity contribution in [3.05, 3.63) is 60.2 Å². The minimum Gasteiger partial charge on any atom is -0.427 e. The van der Waals surface area contributed by atoms with Crippen molar-refractivity contribution in [1.29, 1.82) is 0 Å². The van der Waals surface area contributed by atoms with Crippen LogP contribution in [0.4, 0.5) is 0 Å². The number of ether oxygens (including phenoxy) is 2. The van der Waals surface area contributed by atoms with Crippen molar-refractivity contribution in [1.82, 2.24) is 0 Å². The van der Waals surface area contributed by atoms with Crippen molar-refractivity contribution in [2.45, 2.75) is 6.92 Å². The maximum Gasteiger partial charge on any atom is 0.343 e. The molecule has 0 aliphatic rings. The first-order valence-corrected chi connectivity index (χ1v) is 5.71. The van der Waals surface area contributed by atoms with Gasteiger partial charge in [-0.25, -0.2) is 4.79 Å². The van der Waals surface area contributed by atoms with Crippen LogP contribution >= 0.6 is 0 Å². The van der Waals surface area contributed by atoms with Crippen molar-refractivity contribution in [2.24, 2.45) is 0 Å². The van der Waals surface area contributed by atoms with Gasteiger partial charge in [0.2, 0.25) is 0 Å². The van der Waals surface area contributed by atoms with Gasteiger partial charge < -0.3 is 9.47 Å². The summed E-state index contributed by atoms with van der Waals surface area (Å²) in [5.74, 6) is -0.217. The first-order chi connectivity index (χ1) is 9.15. The molecule has 0 radical (unpaired) electrons. The van der Waals surface area contributed by atoms with E-state index in [9.17, 15) is 9.59 Å². The molecule has 0 N–H and O–H groups in total. The fourth-order valence-electron chi connectivity index (χ4n) is 1.51. The van der Waals surface area contributed by atoms with Gasteiger partial charge in [0.15, 0.2) is 0 Å². The molecular formula is C15H12O4. The second-order valence-corrected chi connectivity index (χ2v) is 3.82. The lowest BCUT2D eigenvalue weighted by Gasteiger charge is -2.06. The van der Waals surface area contributed by atoms with Gasteiger partial charge in [0, 0.05) is 13.0 Å². The molecular weight excluding hydrogens is 244 g/mol. The molecule has 0 spiro atoms. The van der Waals surface area contributed by atoms with E-state index in [1.54, 1.807) is 42.5 Å². The number of hydrogen-bond donors (Lipinski definition) is 0. The summed E-state index contributed by atoms with van der Waals surface area (Å²) >= 11 is 0.